The van der Waals surface area contributed by atoms with E-state index < -0.39 is 11.7 Å². The molecule has 4 fully saturated rings. The lowest BCUT2D eigenvalue weighted by Crippen LogP contribution is -2.50. The lowest BCUT2D eigenvalue weighted by atomic mass is 9.65. The van der Waals surface area contributed by atoms with Gasteiger partial charge in [-0.3, -0.25) is 18.8 Å². The summed E-state index contributed by atoms with van der Waals surface area (Å²) in [6, 6.07) is 1.18. The van der Waals surface area contributed by atoms with Gasteiger partial charge in [-0.05, 0) is 74.6 Å². The summed E-state index contributed by atoms with van der Waals surface area (Å²) in [7, 11) is 2.13. The Balaban J connectivity index is 1.31. The Morgan fingerprint density at radius 1 is 1.08 bits per heavy atom. The second-order valence-corrected chi connectivity index (χ2v) is 12.5. The third kappa shape index (κ3) is 4.93. The molecule has 10 heteroatoms. The minimum absolute atomic E-state index is 0.0277. The van der Waals surface area contributed by atoms with Gasteiger partial charge in [0.1, 0.15) is 0 Å². The largest absolute Gasteiger partial charge is 0.418 e. The molecule has 210 valence electrons. The van der Waals surface area contributed by atoms with E-state index in [1.54, 1.807) is 10.8 Å². The highest BCUT2D eigenvalue weighted by atomic mass is 19.4. The van der Waals surface area contributed by atoms with Gasteiger partial charge in [0.15, 0.2) is 0 Å². The van der Waals surface area contributed by atoms with Crippen LogP contribution in [0.3, 0.4) is 0 Å². The molecule has 3 unspecified atom stereocenters. The maximum absolute atomic E-state index is 14.2. The minimum atomic E-state index is -4.52. The first-order chi connectivity index (χ1) is 18.2. The van der Waals surface area contributed by atoms with E-state index in [4.69, 9.17) is 0 Å². The smallest absolute Gasteiger partial charge is 0.299 e. The van der Waals surface area contributed by atoms with Gasteiger partial charge in [-0.1, -0.05) is 32.6 Å². The third-order valence-corrected chi connectivity index (χ3v) is 9.80. The van der Waals surface area contributed by atoms with Gasteiger partial charge in [0.2, 0.25) is 0 Å². The molecule has 2 saturated heterocycles. The molecular formula is C28H41F3N6O. The van der Waals surface area contributed by atoms with Crippen LogP contribution >= 0.6 is 0 Å². The molecule has 4 heterocycles. The Labute approximate surface area is 222 Å². The first kappa shape index (κ1) is 26.3. The molecule has 6 rings (SSSR count). The van der Waals surface area contributed by atoms with Crippen molar-refractivity contribution >= 4 is 5.52 Å². The fraction of sp³-hybridized carbons (Fsp3) is 0.750. The molecule has 0 spiro atoms. The maximum atomic E-state index is 14.2. The fourth-order valence-corrected chi connectivity index (χ4v) is 7.67. The summed E-state index contributed by atoms with van der Waals surface area (Å²) in [5.41, 5.74) is 6.22. The Hall–Kier alpha value is -1.88. The number of hydrazine groups is 1. The highest BCUT2D eigenvalue weighted by Crippen LogP contribution is 2.47. The molecule has 2 aromatic heterocycles. The van der Waals surface area contributed by atoms with Gasteiger partial charge < -0.3 is 0 Å². The summed E-state index contributed by atoms with van der Waals surface area (Å²) in [5.74, 6) is 2.11. The lowest BCUT2D eigenvalue weighted by molar-refractivity contribution is -0.136. The number of hydrogen-bond donors (Lipinski definition) is 2. The molecule has 2 saturated carbocycles. The Morgan fingerprint density at radius 2 is 1.84 bits per heavy atom. The first-order valence-electron chi connectivity index (χ1n) is 14.4. The standard InChI is InChI=1S/C28H41F3N6O/c1-18-9-10-35(13-18)14-19-11-23(28(29,30)31)24-16-36(27(38)37(24)15-19)22-8-4-7-21(12-22)25(20-5-3-6-20)26-33-32-17-34(26)2/h11,15-16,18,20-22,25-26,32-33H,3-10,12-14,17H2,1-2H3/t18-,21?,22?,25+,26?/m0/s1. The van der Waals surface area contributed by atoms with Crippen molar-refractivity contribution in [2.45, 2.75) is 83.2 Å². The van der Waals surface area contributed by atoms with Crippen LogP contribution in [-0.2, 0) is 12.7 Å². The molecular weight excluding hydrogens is 493 g/mol. The van der Waals surface area contributed by atoms with E-state index in [1.807, 2.05) is 0 Å². The Bertz CT molecular complexity index is 1200. The van der Waals surface area contributed by atoms with Crippen LogP contribution in [0.2, 0.25) is 0 Å². The van der Waals surface area contributed by atoms with Crippen LogP contribution in [-0.4, -0.2) is 51.7 Å². The molecule has 2 N–H and O–H groups in total. The van der Waals surface area contributed by atoms with E-state index in [2.05, 4.69) is 34.6 Å². The van der Waals surface area contributed by atoms with Crippen LogP contribution in [0.5, 0.6) is 0 Å². The minimum Gasteiger partial charge on any atom is -0.299 e. The van der Waals surface area contributed by atoms with Gasteiger partial charge in [-0.2, -0.15) is 13.2 Å². The SMILES string of the molecule is C[C@H]1CCN(Cc2cc(C(F)(F)F)c3cn(C4CCCC([C@@H](C5CCC5)C5NNCN5C)C4)c(=O)n3c2)C1. The van der Waals surface area contributed by atoms with Crippen molar-refractivity contribution in [1.29, 1.82) is 0 Å². The number of halogens is 3. The summed E-state index contributed by atoms with van der Waals surface area (Å²) in [6.07, 6.45) is 7.43. The number of nitrogens with zero attached hydrogens (tertiary/aromatic N) is 4. The van der Waals surface area contributed by atoms with Gasteiger partial charge in [-0.15, -0.1) is 0 Å². The summed E-state index contributed by atoms with van der Waals surface area (Å²) in [5, 5.41) is 0. The highest BCUT2D eigenvalue weighted by molar-refractivity contribution is 5.56. The van der Waals surface area contributed by atoms with Gasteiger partial charge in [0, 0.05) is 31.5 Å². The predicted octanol–water partition coefficient (Wildman–Crippen LogP) is 4.43. The maximum Gasteiger partial charge on any atom is 0.418 e. The second kappa shape index (κ2) is 10.3. The van der Waals surface area contributed by atoms with Gasteiger partial charge >= 0.3 is 11.9 Å². The molecule has 2 aromatic rings. The summed E-state index contributed by atoms with van der Waals surface area (Å²) < 4.78 is 45.5. The van der Waals surface area contributed by atoms with Crippen LogP contribution in [0.4, 0.5) is 13.2 Å². The van der Waals surface area contributed by atoms with Gasteiger partial charge in [0.05, 0.1) is 23.9 Å². The summed E-state index contributed by atoms with van der Waals surface area (Å²) in [6.45, 7) is 5.15. The van der Waals surface area contributed by atoms with Crippen LogP contribution in [0.25, 0.3) is 5.52 Å². The fourth-order valence-electron chi connectivity index (χ4n) is 7.67. The number of pyridine rings is 1. The van der Waals surface area contributed by atoms with Crippen molar-refractivity contribution in [3.05, 3.63) is 40.1 Å². The predicted molar refractivity (Wildman–Crippen MR) is 140 cm³/mol. The van der Waals surface area contributed by atoms with Crippen molar-refractivity contribution < 1.29 is 13.2 Å². The van der Waals surface area contributed by atoms with Gasteiger partial charge in [-0.25, -0.2) is 15.6 Å². The second-order valence-electron chi connectivity index (χ2n) is 12.5. The molecule has 5 atom stereocenters. The Morgan fingerprint density at radius 3 is 2.47 bits per heavy atom. The topological polar surface area (TPSA) is 57.0 Å². The third-order valence-electron chi connectivity index (χ3n) is 9.80. The molecule has 4 aliphatic rings. The molecule has 7 nitrogen and oxygen atoms in total. The number of imidazole rings is 1. The van der Waals surface area contributed by atoms with Gasteiger partial charge in [0.25, 0.3) is 0 Å². The first-order valence-corrected chi connectivity index (χ1v) is 14.4. The van der Waals surface area contributed by atoms with E-state index in [1.165, 1.54) is 35.9 Å². The molecule has 0 amide bonds. The van der Waals surface area contributed by atoms with Crippen LogP contribution in [0.1, 0.15) is 75.5 Å². The van der Waals surface area contributed by atoms with Crippen LogP contribution in [0, 0.1) is 23.7 Å². The normalized spacial score (nSPS) is 30.8. The van der Waals surface area contributed by atoms with Crippen molar-refractivity contribution in [3.8, 4) is 0 Å². The summed E-state index contributed by atoms with van der Waals surface area (Å²) >= 11 is 0. The molecule has 2 aliphatic heterocycles. The van der Waals surface area contributed by atoms with E-state index in [-0.39, 0.29) is 23.4 Å². The van der Waals surface area contributed by atoms with E-state index in [9.17, 15) is 18.0 Å². The monoisotopic (exact) mass is 534 g/mol. The van der Waals surface area contributed by atoms with Crippen molar-refractivity contribution in [3.63, 3.8) is 0 Å². The quantitative estimate of drug-likeness (QED) is 0.574. The molecule has 0 bridgehead atoms. The zero-order valence-corrected chi connectivity index (χ0v) is 22.5. The van der Waals surface area contributed by atoms with Crippen LogP contribution < -0.4 is 16.5 Å². The lowest BCUT2D eigenvalue weighted by Gasteiger charge is -2.46. The van der Waals surface area contributed by atoms with E-state index in [0.717, 1.165) is 51.9 Å². The molecule has 38 heavy (non-hydrogen) atoms. The van der Waals surface area contributed by atoms with Crippen molar-refractivity contribution in [1.82, 2.24) is 29.6 Å². The molecule has 0 aromatic carbocycles. The average molecular weight is 535 g/mol. The number of nitrogens with one attached hydrogen (secondary N) is 2. The number of fused-ring (bicyclic) bond motifs is 1. The number of aromatic nitrogens is 2. The van der Waals surface area contributed by atoms with E-state index in [0.29, 0.717) is 35.8 Å². The molecule has 0 radical (unpaired) electrons. The van der Waals surface area contributed by atoms with Crippen molar-refractivity contribution in [2.75, 3.05) is 26.8 Å². The average Bonchev–Trinajstić information content (AvgIpc) is 3.54. The number of rotatable bonds is 6. The highest BCUT2D eigenvalue weighted by Gasteiger charge is 2.44. The zero-order chi connectivity index (χ0) is 26.6. The number of alkyl halides is 3. The summed E-state index contributed by atoms with van der Waals surface area (Å²) in [4.78, 5) is 18.2. The number of likely N-dealkylation sites (tertiary alicyclic amines) is 1. The molecule has 2 aliphatic carbocycles. The van der Waals surface area contributed by atoms with Crippen LogP contribution in [0.15, 0.2) is 23.3 Å². The van der Waals surface area contributed by atoms with Crippen molar-refractivity contribution in [2.24, 2.45) is 23.7 Å². The zero-order valence-electron chi connectivity index (χ0n) is 22.5. The Kier molecular flexibility index (Phi) is 7.12. The van der Waals surface area contributed by atoms with E-state index >= 15 is 0 Å². The number of hydrogen-bond acceptors (Lipinski definition) is 5.